The Balaban J connectivity index is 0.00000264. The number of aliphatic hydroxyl groups is 1. The number of hydrogen-bond acceptors (Lipinski definition) is 4. The summed E-state index contributed by atoms with van der Waals surface area (Å²) in [4.78, 5) is 1.71. The van der Waals surface area contributed by atoms with Gasteiger partial charge in [0.2, 0.25) is 0 Å². The minimum atomic E-state index is -3.25. The summed E-state index contributed by atoms with van der Waals surface area (Å²) >= 11 is 3.33. The number of halogens is 4. The molecule has 23 heavy (non-hydrogen) atoms. The van der Waals surface area contributed by atoms with Crippen molar-refractivity contribution >= 4 is 28.3 Å². The van der Waals surface area contributed by atoms with E-state index < -0.39 is 18.6 Å². The van der Waals surface area contributed by atoms with Crippen LogP contribution in [-0.4, -0.2) is 55.3 Å². The molecule has 0 radical (unpaired) electrons. The van der Waals surface area contributed by atoms with E-state index in [2.05, 4.69) is 21.2 Å². The highest BCUT2D eigenvalue weighted by atomic mass is 79.9. The highest BCUT2D eigenvalue weighted by molar-refractivity contribution is 9.10. The van der Waals surface area contributed by atoms with Gasteiger partial charge in [-0.15, -0.1) is 12.4 Å². The zero-order valence-corrected chi connectivity index (χ0v) is 15.3. The second-order valence-electron chi connectivity index (χ2n) is 5.22. The molecule has 2 N–H and O–H groups in total. The lowest BCUT2D eigenvalue weighted by Gasteiger charge is -2.39. The summed E-state index contributed by atoms with van der Waals surface area (Å²) in [5.41, 5.74) is 0.400. The maximum Gasteiger partial charge on any atom is 0.290 e. The third-order valence-corrected chi connectivity index (χ3v) is 4.19. The van der Waals surface area contributed by atoms with Crippen molar-refractivity contribution in [2.75, 3.05) is 39.4 Å². The van der Waals surface area contributed by atoms with Gasteiger partial charge in [-0.3, -0.25) is 4.90 Å². The summed E-state index contributed by atoms with van der Waals surface area (Å²) in [7, 11) is 0. The molecule has 0 saturated carbocycles. The van der Waals surface area contributed by atoms with E-state index >= 15 is 0 Å². The van der Waals surface area contributed by atoms with E-state index in [0.29, 0.717) is 48.6 Å². The lowest BCUT2D eigenvalue weighted by molar-refractivity contribution is -0.119. The van der Waals surface area contributed by atoms with Crippen LogP contribution in [-0.2, 0) is 0 Å². The Bertz CT molecular complexity index is 502. The van der Waals surface area contributed by atoms with Crippen molar-refractivity contribution in [3.05, 3.63) is 28.2 Å². The van der Waals surface area contributed by atoms with Crippen LogP contribution >= 0.6 is 28.3 Å². The summed E-state index contributed by atoms with van der Waals surface area (Å²) < 4.78 is 35.1. The molecule has 4 nitrogen and oxygen atoms in total. The molecule has 1 aliphatic rings. The van der Waals surface area contributed by atoms with Gasteiger partial charge in [-0.25, -0.2) is 8.78 Å². The Kier molecular flexibility index (Phi) is 8.17. The average molecular weight is 416 g/mol. The van der Waals surface area contributed by atoms with Crippen LogP contribution in [0.15, 0.2) is 22.7 Å². The van der Waals surface area contributed by atoms with Crippen molar-refractivity contribution in [3.8, 4) is 5.75 Å². The minimum absolute atomic E-state index is 0. The smallest absolute Gasteiger partial charge is 0.290 e. The van der Waals surface area contributed by atoms with Crippen molar-refractivity contribution in [1.82, 2.24) is 10.2 Å². The summed E-state index contributed by atoms with van der Waals surface area (Å²) in [5.74, 6) is -2.81. The van der Waals surface area contributed by atoms with Crippen molar-refractivity contribution in [3.63, 3.8) is 0 Å². The second-order valence-corrected chi connectivity index (χ2v) is 6.14. The van der Waals surface area contributed by atoms with Crippen LogP contribution in [0, 0.1) is 0 Å². The SMILES string of the molecule is CCOc1ccc(Br)cc1[C@H](N1CCNCC1)C(F)(F)CO.Cl. The second kappa shape index (κ2) is 9.13. The fourth-order valence-corrected chi connectivity index (χ4v) is 3.12. The number of piperazine rings is 1. The standard InChI is InChI=1S/C15H21BrF2N2O2.ClH/c1-2-22-13-4-3-11(16)9-12(13)14(15(17,18)10-21)20-7-5-19-6-8-20;/h3-4,9,14,19,21H,2,5-8,10H2,1H3;1H/t14-;/m0./s1. The minimum Gasteiger partial charge on any atom is -0.494 e. The van der Waals surface area contributed by atoms with Crippen molar-refractivity contribution in [1.29, 1.82) is 0 Å². The Morgan fingerprint density at radius 1 is 1.39 bits per heavy atom. The van der Waals surface area contributed by atoms with Crippen molar-refractivity contribution < 1.29 is 18.6 Å². The molecule has 1 fully saturated rings. The molecule has 8 heteroatoms. The van der Waals surface area contributed by atoms with Gasteiger partial charge in [0.1, 0.15) is 18.4 Å². The highest BCUT2D eigenvalue weighted by Gasteiger charge is 2.45. The lowest BCUT2D eigenvalue weighted by atomic mass is 9.97. The van der Waals surface area contributed by atoms with Gasteiger partial charge in [-0.1, -0.05) is 15.9 Å². The number of alkyl halides is 2. The quantitative estimate of drug-likeness (QED) is 0.750. The van der Waals surface area contributed by atoms with Crippen LogP contribution < -0.4 is 10.1 Å². The van der Waals surface area contributed by atoms with E-state index in [-0.39, 0.29) is 12.4 Å². The maximum atomic E-state index is 14.5. The summed E-state index contributed by atoms with van der Waals surface area (Å²) in [5, 5.41) is 12.4. The van der Waals surface area contributed by atoms with E-state index in [1.807, 2.05) is 6.92 Å². The van der Waals surface area contributed by atoms with Gasteiger partial charge >= 0.3 is 0 Å². The van der Waals surface area contributed by atoms with Gasteiger partial charge in [0, 0.05) is 36.2 Å². The molecule has 1 heterocycles. The van der Waals surface area contributed by atoms with Gasteiger partial charge in [-0.05, 0) is 25.1 Å². The molecule has 1 saturated heterocycles. The molecule has 0 amide bonds. The van der Waals surface area contributed by atoms with Crippen LogP contribution in [0.2, 0.25) is 0 Å². The van der Waals surface area contributed by atoms with Crippen LogP contribution in [0.5, 0.6) is 5.75 Å². The molecule has 0 aliphatic carbocycles. The molecule has 0 bridgehead atoms. The van der Waals surface area contributed by atoms with Gasteiger partial charge in [0.25, 0.3) is 5.92 Å². The summed E-state index contributed by atoms with van der Waals surface area (Å²) in [6.07, 6.45) is 0. The first-order chi connectivity index (χ1) is 10.5. The third-order valence-electron chi connectivity index (χ3n) is 3.69. The van der Waals surface area contributed by atoms with E-state index in [1.54, 1.807) is 23.1 Å². The number of aliphatic hydroxyl groups excluding tert-OH is 1. The summed E-state index contributed by atoms with van der Waals surface area (Å²) in [6, 6.07) is 3.89. The zero-order chi connectivity index (χ0) is 16.2. The molecule has 2 rings (SSSR count). The fourth-order valence-electron chi connectivity index (χ4n) is 2.74. The molecule has 132 valence electrons. The van der Waals surface area contributed by atoms with Gasteiger partial charge in [0.05, 0.1) is 6.61 Å². The van der Waals surface area contributed by atoms with E-state index in [4.69, 9.17) is 4.74 Å². The first-order valence-electron chi connectivity index (χ1n) is 7.35. The highest BCUT2D eigenvalue weighted by Crippen LogP contribution is 2.41. The van der Waals surface area contributed by atoms with Crippen LogP contribution in [0.1, 0.15) is 18.5 Å². The van der Waals surface area contributed by atoms with Crippen molar-refractivity contribution in [2.24, 2.45) is 0 Å². The number of hydrogen-bond donors (Lipinski definition) is 2. The number of ether oxygens (including phenoxy) is 1. The van der Waals surface area contributed by atoms with Gasteiger partial charge in [-0.2, -0.15) is 0 Å². The first kappa shape index (κ1) is 20.6. The zero-order valence-electron chi connectivity index (χ0n) is 12.9. The van der Waals surface area contributed by atoms with Crippen LogP contribution in [0.25, 0.3) is 0 Å². The molecular weight excluding hydrogens is 394 g/mol. The van der Waals surface area contributed by atoms with Crippen LogP contribution in [0.3, 0.4) is 0 Å². The molecule has 0 spiro atoms. The topological polar surface area (TPSA) is 44.7 Å². The molecule has 1 aromatic carbocycles. The Labute approximate surface area is 149 Å². The van der Waals surface area contributed by atoms with Gasteiger partial charge < -0.3 is 15.2 Å². The number of nitrogens with zero attached hydrogens (tertiary/aromatic N) is 1. The first-order valence-corrected chi connectivity index (χ1v) is 8.14. The molecule has 1 aromatic rings. The molecule has 0 aromatic heterocycles. The predicted molar refractivity (Wildman–Crippen MR) is 91.8 cm³/mol. The number of rotatable bonds is 6. The summed E-state index contributed by atoms with van der Waals surface area (Å²) in [6.45, 7) is 3.31. The molecule has 1 atom stereocenters. The average Bonchev–Trinajstić information content (AvgIpc) is 2.51. The van der Waals surface area contributed by atoms with Crippen molar-refractivity contribution in [2.45, 2.75) is 18.9 Å². The van der Waals surface area contributed by atoms with Gasteiger partial charge in [0.15, 0.2) is 0 Å². The normalized spacial score (nSPS) is 17.4. The number of nitrogens with one attached hydrogen (secondary N) is 1. The Morgan fingerprint density at radius 2 is 2.04 bits per heavy atom. The maximum absolute atomic E-state index is 14.5. The molecule has 1 aliphatic heterocycles. The monoisotopic (exact) mass is 414 g/mol. The Morgan fingerprint density at radius 3 is 2.61 bits per heavy atom. The van der Waals surface area contributed by atoms with Crippen LogP contribution in [0.4, 0.5) is 8.78 Å². The van der Waals surface area contributed by atoms with E-state index in [0.717, 1.165) is 0 Å². The third kappa shape index (κ3) is 5.00. The molecular formula is C15H22BrClF2N2O2. The Hall–Kier alpha value is -0.470. The van der Waals surface area contributed by atoms with E-state index in [9.17, 15) is 13.9 Å². The van der Waals surface area contributed by atoms with E-state index in [1.165, 1.54) is 0 Å². The molecule has 0 unspecified atom stereocenters. The fraction of sp³-hybridized carbons (Fsp3) is 0.600. The lowest BCUT2D eigenvalue weighted by Crippen LogP contribution is -2.51. The largest absolute Gasteiger partial charge is 0.494 e. The number of benzene rings is 1. The predicted octanol–water partition coefficient (Wildman–Crippen LogP) is 2.84.